The van der Waals surface area contributed by atoms with Crippen LogP contribution in [0.3, 0.4) is 0 Å². The average Bonchev–Trinajstić information content (AvgIpc) is 2.65. The zero-order chi connectivity index (χ0) is 12.3. The molecule has 0 unspecified atom stereocenters. The van der Waals surface area contributed by atoms with Gasteiger partial charge in [0.25, 0.3) is 0 Å². The van der Waals surface area contributed by atoms with E-state index in [1.807, 2.05) is 0 Å². The summed E-state index contributed by atoms with van der Waals surface area (Å²) in [5.74, 6) is 0. The normalized spacial score (nSPS) is 10.5. The highest BCUT2D eigenvalue weighted by Crippen LogP contribution is 2.26. The van der Waals surface area contributed by atoms with Crippen molar-refractivity contribution in [2.45, 2.75) is 25.3 Å². The van der Waals surface area contributed by atoms with Gasteiger partial charge >= 0.3 is 0 Å². The van der Waals surface area contributed by atoms with E-state index in [1.165, 1.54) is 15.5 Å². The molecule has 0 amide bonds. The summed E-state index contributed by atoms with van der Waals surface area (Å²) in [5, 5.41) is 4.62. The van der Waals surface area contributed by atoms with Crippen molar-refractivity contribution in [3.05, 3.63) is 39.8 Å². The number of benzene rings is 1. The Bertz CT molecular complexity index is 506. The van der Waals surface area contributed by atoms with Crippen molar-refractivity contribution >= 4 is 28.8 Å². The second-order valence-corrected chi connectivity index (χ2v) is 5.93. The molecule has 0 fully saturated rings. The maximum atomic E-state index is 4.44. The number of aryl methyl sites for hydroxylation is 2. The van der Waals surface area contributed by atoms with Crippen LogP contribution in [-0.2, 0) is 6.54 Å². The summed E-state index contributed by atoms with van der Waals surface area (Å²) in [5.41, 5.74) is 2.34. The molecule has 0 radical (unpaired) electrons. The molecule has 0 saturated heterocycles. The molecule has 0 saturated carbocycles. The van der Waals surface area contributed by atoms with E-state index in [1.54, 1.807) is 23.1 Å². The van der Waals surface area contributed by atoms with Crippen LogP contribution in [0.5, 0.6) is 0 Å². The number of rotatable bonds is 4. The first-order valence-corrected chi connectivity index (χ1v) is 7.54. The first-order valence-electron chi connectivity index (χ1n) is 5.50. The topological polar surface area (TPSA) is 24.9 Å². The molecule has 17 heavy (non-hydrogen) atoms. The Morgan fingerprint density at radius 3 is 2.71 bits per heavy atom. The van der Waals surface area contributed by atoms with E-state index in [0.717, 1.165) is 17.2 Å². The van der Waals surface area contributed by atoms with Gasteiger partial charge in [0, 0.05) is 15.5 Å². The molecule has 1 heterocycles. The van der Waals surface area contributed by atoms with Crippen LogP contribution < -0.4 is 5.32 Å². The summed E-state index contributed by atoms with van der Waals surface area (Å²) in [6, 6.07) is 8.39. The van der Waals surface area contributed by atoms with E-state index >= 15 is 0 Å². The van der Waals surface area contributed by atoms with Gasteiger partial charge in [-0.25, -0.2) is 4.98 Å². The maximum absolute atomic E-state index is 4.44. The summed E-state index contributed by atoms with van der Waals surface area (Å²) in [7, 11) is 0. The van der Waals surface area contributed by atoms with E-state index < -0.39 is 0 Å². The Morgan fingerprint density at radius 1 is 1.29 bits per heavy atom. The standard InChI is InChI=1S/C13H16N2S2/c1-9-13(17-10(2)15-9)8-14-11-6-4-5-7-12(11)16-3/h4-7,14H,8H2,1-3H3. The minimum Gasteiger partial charge on any atom is -0.379 e. The number of hydrogen-bond donors (Lipinski definition) is 1. The third kappa shape index (κ3) is 3.01. The highest BCUT2D eigenvalue weighted by Gasteiger charge is 2.05. The minimum atomic E-state index is 0.856. The second-order valence-electron chi connectivity index (χ2n) is 3.80. The summed E-state index contributed by atoms with van der Waals surface area (Å²) >= 11 is 3.53. The Hall–Kier alpha value is -1.00. The molecular formula is C13H16N2S2. The van der Waals surface area contributed by atoms with E-state index in [2.05, 4.69) is 54.7 Å². The fraction of sp³-hybridized carbons (Fsp3) is 0.308. The largest absolute Gasteiger partial charge is 0.379 e. The number of hydrogen-bond acceptors (Lipinski definition) is 4. The number of thiazole rings is 1. The van der Waals surface area contributed by atoms with Gasteiger partial charge in [-0.2, -0.15) is 0 Å². The average molecular weight is 264 g/mol. The molecule has 0 aliphatic carbocycles. The number of nitrogens with one attached hydrogen (secondary N) is 1. The van der Waals surface area contributed by atoms with Crippen LogP contribution in [0, 0.1) is 13.8 Å². The van der Waals surface area contributed by atoms with Crippen molar-refractivity contribution in [3.8, 4) is 0 Å². The zero-order valence-corrected chi connectivity index (χ0v) is 11.9. The molecule has 0 bridgehead atoms. The molecule has 1 N–H and O–H groups in total. The molecule has 2 nitrogen and oxygen atoms in total. The molecule has 0 spiro atoms. The molecule has 1 aromatic heterocycles. The number of nitrogens with zero attached hydrogens (tertiary/aromatic N) is 1. The molecule has 1 aromatic carbocycles. The lowest BCUT2D eigenvalue weighted by molar-refractivity contribution is 1.10. The summed E-state index contributed by atoms with van der Waals surface area (Å²) in [4.78, 5) is 7.04. The Labute approximate surface area is 110 Å². The first kappa shape index (κ1) is 12.5. The van der Waals surface area contributed by atoms with Gasteiger partial charge in [0.2, 0.25) is 0 Å². The van der Waals surface area contributed by atoms with Crippen LogP contribution in [0.1, 0.15) is 15.6 Å². The molecular weight excluding hydrogens is 248 g/mol. The summed E-state index contributed by atoms with van der Waals surface area (Å²) in [6.45, 7) is 4.98. The molecule has 2 rings (SSSR count). The predicted molar refractivity (Wildman–Crippen MR) is 77.1 cm³/mol. The van der Waals surface area contributed by atoms with Crippen LogP contribution >= 0.6 is 23.1 Å². The van der Waals surface area contributed by atoms with Crippen LogP contribution in [0.2, 0.25) is 0 Å². The molecule has 0 aliphatic rings. The zero-order valence-electron chi connectivity index (χ0n) is 10.3. The first-order chi connectivity index (χ1) is 8.20. The van der Waals surface area contributed by atoms with E-state index in [-0.39, 0.29) is 0 Å². The SMILES string of the molecule is CSc1ccccc1NCc1sc(C)nc1C. The lowest BCUT2D eigenvalue weighted by Gasteiger charge is -2.09. The molecule has 90 valence electrons. The molecule has 0 aliphatic heterocycles. The van der Waals surface area contributed by atoms with Gasteiger partial charge < -0.3 is 5.32 Å². The summed E-state index contributed by atoms with van der Waals surface area (Å²) < 4.78 is 0. The molecule has 2 aromatic rings. The van der Waals surface area contributed by atoms with Gasteiger partial charge in [-0.05, 0) is 32.2 Å². The molecule has 0 atom stereocenters. The van der Waals surface area contributed by atoms with Crippen molar-refractivity contribution in [2.24, 2.45) is 0 Å². The number of para-hydroxylation sites is 1. The quantitative estimate of drug-likeness (QED) is 0.842. The van der Waals surface area contributed by atoms with Gasteiger partial charge in [0.15, 0.2) is 0 Å². The molecule has 4 heteroatoms. The highest BCUT2D eigenvalue weighted by atomic mass is 32.2. The van der Waals surface area contributed by atoms with Gasteiger partial charge in [-0.1, -0.05) is 12.1 Å². The van der Waals surface area contributed by atoms with Gasteiger partial charge in [-0.3, -0.25) is 0 Å². The van der Waals surface area contributed by atoms with Crippen molar-refractivity contribution < 1.29 is 0 Å². The van der Waals surface area contributed by atoms with Crippen LogP contribution in [-0.4, -0.2) is 11.2 Å². The summed E-state index contributed by atoms with van der Waals surface area (Å²) in [6.07, 6.45) is 2.10. The number of thioether (sulfide) groups is 1. The highest BCUT2D eigenvalue weighted by molar-refractivity contribution is 7.98. The Kier molecular flexibility index (Phi) is 4.07. The monoisotopic (exact) mass is 264 g/mol. The Morgan fingerprint density at radius 2 is 2.06 bits per heavy atom. The van der Waals surface area contributed by atoms with Crippen molar-refractivity contribution in [3.63, 3.8) is 0 Å². The van der Waals surface area contributed by atoms with Crippen LogP contribution in [0.4, 0.5) is 5.69 Å². The predicted octanol–water partition coefficient (Wildman–Crippen LogP) is 4.09. The smallest absolute Gasteiger partial charge is 0.0900 e. The van der Waals surface area contributed by atoms with Crippen LogP contribution in [0.15, 0.2) is 29.2 Å². The number of anilines is 1. The fourth-order valence-corrected chi connectivity index (χ4v) is 3.16. The fourth-order valence-electron chi connectivity index (χ4n) is 1.70. The lowest BCUT2D eigenvalue weighted by atomic mass is 10.3. The van der Waals surface area contributed by atoms with Crippen LogP contribution in [0.25, 0.3) is 0 Å². The third-order valence-electron chi connectivity index (χ3n) is 2.55. The van der Waals surface area contributed by atoms with E-state index in [0.29, 0.717) is 0 Å². The van der Waals surface area contributed by atoms with Crippen molar-refractivity contribution in [1.29, 1.82) is 0 Å². The van der Waals surface area contributed by atoms with Gasteiger partial charge in [0.05, 0.1) is 17.2 Å². The lowest BCUT2D eigenvalue weighted by Crippen LogP contribution is -2.00. The number of aromatic nitrogens is 1. The second kappa shape index (κ2) is 5.56. The Balaban J connectivity index is 2.09. The van der Waals surface area contributed by atoms with E-state index in [4.69, 9.17) is 0 Å². The van der Waals surface area contributed by atoms with Gasteiger partial charge in [-0.15, -0.1) is 23.1 Å². The van der Waals surface area contributed by atoms with Crippen molar-refractivity contribution in [1.82, 2.24) is 4.98 Å². The van der Waals surface area contributed by atoms with E-state index in [9.17, 15) is 0 Å². The van der Waals surface area contributed by atoms with Crippen molar-refractivity contribution in [2.75, 3.05) is 11.6 Å². The van der Waals surface area contributed by atoms with Gasteiger partial charge in [0.1, 0.15) is 0 Å². The maximum Gasteiger partial charge on any atom is 0.0900 e. The minimum absolute atomic E-state index is 0.856. The third-order valence-corrected chi connectivity index (χ3v) is 4.41.